The summed E-state index contributed by atoms with van der Waals surface area (Å²) in [5.41, 5.74) is 7.61. The molecule has 0 saturated carbocycles. The van der Waals surface area contributed by atoms with E-state index in [1.165, 1.54) is 6.20 Å². The molecule has 2 aromatic rings. The number of nitrogens with one attached hydrogen (secondary N) is 1. The summed E-state index contributed by atoms with van der Waals surface area (Å²) < 4.78 is 0. The molecule has 16 heavy (non-hydrogen) atoms. The molecule has 4 nitrogen and oxygen atoms in total. The van der Waals surface area contributed by atoms with Crippen LogP contribution in [0.1, 0.15) is 0 Å². The number of benzene rings is 1. The Morgan fingerprint density at radius 2 is 2.12 bits per heavy atom. The molecule has 0 fully saturated rings. The van der Waals surface area contributed by atoms with E-state index in [1.54, 1.807) is 24.3 Å². The van der Waals surface area contributed by atoms with Crippen LogP contribution in [0.5, 0.6) is 5.75 Å². The van der Waals surface area contributed by atoms with Gasteiger partial charge in [0, 0.05) is 17.8 Å². The molecule has 5 heteroatoms. The van der Waals surface area contributed by atoms with Crippen molar-refractivity contribution in [3.05, 3.63) is 41.7 Å². The van der Waals surface area contributed by atoms with E-state index in [-0.39, 0.29) is 5.75 Å². The van der Waals surface area contributed by atoms with Crippen LogP contribution in [0, 0.1) is 0 Å². The highest BCUT2D eigenvalue weighted by atomic mass is 35.5. The molecular weight excluding hydrogens is 226 g/mol. The first kappa shape index (κ1) is 10.6. The van der Waals surface area contributed by atoms with Gasteiger partial charge in [0.15, 0.2) is 0 Å². The molecule has 0 amide bonds. The fourth-order valence-corrected chi connectivity index (χ4v) is 1.45. The van der Waals surface area contributed by atoms with Gasteiger partial charge in [0.25, 0.3) is 0 Å². The largest absolute Gasteiger partial charge is 0.508 e. The van der Waals surface area contributed by atoms with E-state index in [2.05, 4.69) is 10.3 Å². The SMILES string of the molecule is Nc1cnc(Cl)cc1Nc1cccc(O)c1. The predicted molar refractivity (Wildman–Crippen MR) is 65.0 cm³/mol. The number of phenols is 1. The molecule has 0 bridgehead atoms. The van der Waals surface area contributed by atoms with E-state index < -0.39 is 0 Å². The molecule has 1 heterocycles. The number of halogens is 1. The number of pyridine rings is 1. The summed E-state index contributed by atoms with van der Waals surface area (Å²) >= 11 is 5.76. The number of nitrogen functional groups attached to an aromatic ring is 1. The first-order valence-corrected chi connectivity index (χ1v) is 5.00. The van der Waals surface area contributed by atoms with Crippen LogP contribution in [0.4, 0.5) is 17.1 Å². The lowest BCUT2D eigenvalue weighted by molar-refractivity contribution is 0.475. The molecule has 0 aliphatic carbocycles. The summed E-state index contributed by atoms with van der Waals surface area (Å²) in [7, 11) is 0. The number of hydrogen-bond acceptors (Lipinski definition) is 4. The van der Waals surface area contributed by atoms with Crippen molar-refractivity contribution in [2.75, 3.05) is 11.1 Å². The van der Waals surface area contributed by atoms with Gasteiger partial charge in [-0.05, 0) is 12.1 Å². The Hall–Kier alpha value is -1.94. The third-order valence-corrected chi connectivity index (χ3v) is 2.23. The number of hydrogen-bond donors (Lipinski definition) is 3. The van der Waals surface area contributed by atoms with E-state index in [0.29, 0.717) is 16.5 Å². The smallest absolute Gasteiger partial charge is 0.131 e. The first-order valence-electron chi connectivity index (χ1n) is 4.62. The number of nitrogens with zero attached hydrogens (tertiary/aromatic N) is 1. The van der Waals surface area contributed by atoms with Crippen molar-refractivity contribution < 1.29 is 5.11 Å². The van der Waals surface area contributed by atoms with E-state index in [4.69, 9.17) is 17.3 Å². The van der Waals surface area contributed by atoms with Gasteiger partial charge < -0.3 is 16.2 Å². The molecule has 0 atom stereocenters. The molecular formula is C11H10ClN3O. The summed E-state index contributed by atoms with van der Waals surface area (Å²) in [5, 5.41) is 12.7. The molecule has 0 saturated heterocycles. The van der Waals surface area contributed by atoms with Gasteiger partial charge in [0.05, 0.1) is 17.6 Å². The maximum atomic E-state index is 9.31. The van der Waals surface area contributed by atoms with Crippen LogP contribution in [0.3, 0.4) is 0 Å². The van der Waals surface area contributed by atoms with Gasteiger partial charge in [-0.2, -0.15) is 0 Å². The molecule has 0 unspecified atom stereocenters. The predicted octanol–water partition coefficient (Wildman–Crippen LogP) is 2.77. The number of anilines is 3. The standard InChI is InChI=1S/C11H10ClN3O/c12-11-5-10(9(13)6-14-11)15-7-2-1-3-8(16)4-7/h1-6,16H,13H2,(H,14,15). The van der Waals surface area contributed by atoms with Crippen LogP contribution >= 0.6 is 11.6 Å². The molecule has 1 aromatic heterocycles. The zero-order valence-electron chi connectivity index (χ0n) is 8.31. The minimum atomic E-state index is 0.184. The van der Waals surface area contributed by atoms with Crippen molar-refractivity contribution in [3.8, 4) is 5.75 Å². The van der Waals surface area contributed by atoms with Crippen molar-refractivity contribution >= 4 is 28.7 Å². The molecule has 0 aliphatic heterocycles. The number of phenolic OH excluding ortho intramolecular Hbond substituents is 1. The fourth-order valence-electron chi connectivity index (χ4n) is 1.29. The van der Waals surface area contributed by atoms with Crippen molar-refractivity contribution in [3.63, 3.8) is 0 Å². The average molecular weight is 236 g/mol. The number of rotatable bonds is 2. The normalized spacial score (nSPS) is 10.1. The zero-order chi connectivity index (χ0) is 11.5. The molecule has 1 aromatic carbocycles. The molecule has 2 rings (SSSR count). The Bertz CT molecular complexity index is 516. The van der Waals surface area contributed by atoms with Crippen LogP contribution in [0.2, 0.25) is 5.15 Å². The summed E-state index contributed by atoms with van der Waals surface area (Å²) in [6.07, 6.45) is 1.48. The lowest BCUT2D eigenvalue weighted by atomic mass is 10.2. The number of nitrogens with two attached hydrogens (primary N) is 1. The lowest BCUT2D eigenvalue weighted by Crippen LogP contribution is -1.97. The summed E-state index contributed by atoms with van der Waals surface area (Å²) in [6.45, 7) is 0. The summed E-state index contributed by atoms with van der Waals surface area (Å²) in [6, 6.07) is 8.35. The van der Waals surface area contributed by atoms with Gasteiger partial charge >= 0.3 is 0 Å². The summed E-state index contributed by atoms with van der Waals surface area (Å²) in [4.78, 5) is 3.85. The van der Waals surface area contributed by atoms with Gasteiger partial charge in [-0.1, -0.05) is 17.7 Å². The van der Waals surface area contributed by atoms with Gasteiger partial charge in [-0.15, -0.1) is 0 Å². The Balaban J connectivity index is 2.30. The second kappa shape index (κ2) is 4.28. The van der Waals surface area contributed by atoms with Gasteiger partial charge in [0.2, 0.25) is 0 Å². The van der Waals surface area contributed by atoms with E-state index >= 15 is 0 Å². The first-order chi connectivity index (χ1) is 7.65. The van der Waals surface area contributed by atoms with E-state index in [9.17, 15) is 5.11 Å². The highest BCUT2D eigenvalue weighted by Gasteiger charge is 2.02. The minimum Gasteiger partial charge on any atom is -0.508 e. The topological polar surface area (TPSA) is 71.2 Å². The quantitative estimate of drug-likeness (QED) is 0.700. The molecule has 0 radical (unpaired) electrons. The Morgan fingerprint density at radius 3 is 2.88 bits per heavy atom. The third kappa shape index (κ3) is 2.35. The Morgan fingerprint density at radius 1 is 1.31 bits per heavy atom. The molecule has 0 aliphatic rings. The Labute approximate surface area is 97.7 Å². The molecule has 0 spiro atoms. The summed E-state index contributed by atoms with van der Waals surface area (Å²) in [5.74, 6) is 0.184. The van der Waals surface area contributed by atoms with Crippen LogP contribution in [0.15, 0.2) is 36.5 Å². The van der Waals surface area contributed by atoms with E-state index in [1.807, 2.05) is 6.07 Å². The second-order valence-electron chi connectivity index (χ2n) is 3.27. The molecule has 82 valence electrons. The van der Waals surface area contributed by atoms with Crippen molar-refractivity contribution in [1.29, 1.82) is 0 Å². The number of aromatic hydroxyl groups is 1. The highest BCUT2D eigenvalue weighted by Crippen LogP contribution is 2.26. The van der Waals surface area contributed by atoms with Crippen LogP contribution < -0.4 is 11.1 Å². The van der Waals surface area contributed by atoms with Crippen molar-refractivity contribution in [2.24, 2.45) is 0 Å². The number of aromatic nitrogens is 1. The Kier molecular flexibility index (Phi) is 2.83. The maximum Gasteiger partial charge on any atom is 0.131 e. The zero-order valence-corrected chi connectivity index (χ0v) is 9.07. The van der Waals surface area contributed by atoms with Gasteiger partial charge in [-0.3, -0.25) is 0 Å². The fraction of sp³-hybridized carbons (Fsp3) is 0. The van der Waals surface area contributed by atoms with Gasteiger partial charge in [0.1, 0.15) is 10.9 Å². The maximum absolute atomic E-state index is 9.31. The third-order valence-electron chi connectivity index (χ3n) is 2.03. The van der Waals surface area contributed by atoms with Crippen molar-refractivity contribution in [2.45, 2.75) is 0 Å². The second-order valence-corrected chi connectivity index (χ2v) is 3.66. The van der Waals surface area contributed by atoms with Gasteiger partial charge in [-0.25, -0.2) is 4.98 Å². The average Bonchev–Trinajstić information content (AvgIpc) is 2.24. The van der Waals surface area contributed by atoms with Crippen LogP contribution in [-0.2, 0) is 0 Å². The van der Waals surface area contributed by atoms with Crippen LogP contribution in [-0.4, -0.2) is 10.1 Å². The highest BCUT2D eigenvalue weighted by molar-refractivity contribution is 6.29. The van der Waals surface area contributed by atoms with Crippen molar-refractivity contribution in [1.82, 2.24) is 4.98 Å². The van der Waals surface area contributed by atoms with Crippen LogP contribution in [0.25, 0.3) is 0 Å². The lowest BCUT2D eigenvalue weighted by Gasteiger charge is -2.09. The minimum absolute atomic E-state index is 0.184. The van der Waals surface area contributed by atoms with E-state index in [0.717, 1.165) is 5.69 Å². The molecule has 4 N–H and O–H groups in total. The monoisotopic (exact) mass is 235 g/mol.